The van der Waals surface area contributed by atoms with Crippen molar-refractivity contribution in [3.8, 4) is 0 Å². The van der Waals surface area contributed by atoms with Gasteiger partial charge in [0.1, 0.15) is 0 Å². The van der Waals surface area contributed by atoms with E-state index in [1.807, 2.05) is 0 Å². The Kier molecular flexibility index (Phi) is 1.95. The Hall–Kier alpha value is -1.18. The lowest BCUT2D eigenvalue weighted by Crippen LogP contribution is -2.11. The van der Waals surface area contributed by atoms with Crippen molar-refractivity contribution in [2.24, 2.45) is 5.14 Å². The Labute approximate surface area is 84.4 Å². The first-order valence-electron chi connectivity index (χ1n) is 3.66. The predicted octanol–water partition coefficient (Wildman–Crippen LogP) is 0.526. The highest BCUT2D eigenvalue weighted by Crippen LogP contribution is 2.25. The molecule has 0 aliphatic heterocycles. The lowest BCUT2D eigenvalue weighted by atomic mass is 10.3. The second kappa shape index (κ2) is 2.91. The average Bonchev–Trinajstić information content (AvgIpc) is 2.41. The number of benzene rings is 1. The van der Waals surface area contributed by atoms with E-state index in [2.05, 4.69) is 4.98 Å². The lowest BCUT2D eigenvalue weighted by molar-refractivity contribution is 0.598. The highest BCUT2D eigenvalue weighted by Gasteiger charge is 2.09. The molecular formula is C7H7N3O2S2. The Morgan fingerprint density at radius 1 is 1.36 bits per heavy atom. The molecule has 0 aliphatic carbocycles. The zero-order valence-electron chi connectivity index (χ0n) is 6.97. The van der Waals surface area contributed by atoms with Gasteiger partial charge in [0, 0.05) is 0 Å². The van der Waals surface area contributed by atoms with Crippen molar-refractivity contribution >= 4 is 36.7 Å². The van der Waals surface area contributed by atoms with Crippen molar-refractivity contribution in [2.45, 2.75) is 4.90 Å². The van der Waals surface area contributed by atoms with Crippen LogP contribution < -0.4 is 10.9 Å². The van der Waals surface area contributed by atoms with Crippen LogP contribution in [0.4, 0.5) is 5.13 Å². The van der Waals surface area contributed by atoms with E-state index in [4.69, 9.17) is 10.9 Å². The number of nitrogens with two attached hydrogens (primary N) is 2. The number of thiazole rings is 1. The van der Waals surface area contributed by atoms with Crippen molar-refractivity contribution in [2.75, 3.05) is 5.73 Å². The molecule has 0 spiro atoms. The molecule has 0 unspecified atom stereocenters. The highest BCUT2D eigenvalue weighted by atomic mass is 32.2. The van der Waals surface area contributed by atoms with E-state index in [0.29, 0.717) is 15.3 Å². The molecule has 2 aromatic rings. The maximum atomic E-state index is 11.0. The van der Waals surface area contributed by atoms with Crippen molar-refractivity contribution < 1.29 is 8.42 Å². The Morgan fingerprint density at radius 3 is 2.71 bits per heavy atom. The number of rotatable bonds is 1. The summed E-state index contributed by atoms with van der Waals surface area (Å²) in [6, 6.07) is 4.47. The fraction of sp³-hybridized carbons (Fsp3) is 0. The summed E-state index contributed by atoms with van der Waals surface area (Å²) >= 11 is 1.23. The standard InChI is InChI=1S/C7H7N3O2S2/c8-7-10-5-2-1-4(14(9,11)12)3-6(5)13-7/h1-3H,(H2,8,10)(H2,9,11,12). The molecule has 4 N–H and O–H groups in total. The number of primary sulfonamides is 1. The van der Waals surface area contributed by atoms with Gasteiger partial charge in [-0.1, -0.05) is 11.3 Å². The third-order valence-corrected chi connectivity index (χ3v) is 3.46. The Balaban J connectivity index is 2.74. The molecule has 0 amide bonds. The van der Waals surface area contributed by atoms with Crippen molar-refractivity contribution in [1.82, 2.24) is 4.98 Å². The van der Waals surface area contributed by atoms with Crippen LogP contribution >= 0.6 is 11.3 Å². The van der Waals surface area contributed by atoms with E-state index in [1.54, 1.807) is 6.07 Å². The summed E-state index contributed by atoms with van der Waals surface area (Å²) in [6.07, 6.45) is 0. The van der Waals surface area contributed by atoms with E-state index in [1.165, 1.54) is 23.5 Å². The molecule has 0 atom stereocenters. The number of hydrogen-bond donors (Lipinski definition) is 2. The molecule has 0 saturated carbocycles. The van der Waals surface area contributed by atoms with Crippen LogP contribution in [-0.4, -0.2) is 13.4 Å². The van der Waals surface area contributed by atoms with Gasteiger partial charge in [0.05, 0.1) is 15.1 Å². The highest BCUT2D eigenvalue weighted by molar-refractivity contribution is 7.89. The topological polar surface area (TPSA) is 99.1 Å². The first kappa shape index (κ1) is 9.38. The van der Waals surface area contributed by atoms with Gasteiger partial charge in [-0.15, -0.1) is 0 Å². The minimum atomic E-state index is -3.65. The van der Waals surface area contributed by atoms with Crippen molar-refractivity contribution in [3.05, 3.63) is 18.2 Å². The summed E-state index contributed by atoms with van der Waals surface area (Å²) in [5.74, 6) is 0. The molecule has 1 aromatic heterocycles. The number of fused-ring (bicyclic) bond motifs is 1. The fourth-order valence-corrected chi connectivity index (χ4v) is 2.49. The zero-order chi connectivity index (χ0) is 10.3. The third-order valence-electron chi connectivity index (χ3n) is 1.70. The number of sulfonamides is 1. The molecule has 5 nitrogen and oxygen atoms in total. The summed E-state index contributed by atoms with van der Waals surface area (Å²) in [5, 5.41) is 5.39. The van der Waals surface area contributed by atoms with Crippen LogP contribution in [0, 0.1) is 0 Å². The van der Waals surface area contributed by atoms with Gasteiger partial charge in [0.15, 0.2) is 5.13 Å². The van der Waals surface area contributed by atoms with Gasteiger partial charge < -0.3 is 5.73 Å². The van der Waals surface area contributed by atoms with E-state index in [9.17, 15) is 8.42 Å². The van der Waals surface area contributed by atoms with Crippen LogP contribution in [0.2, 0.25) is 0 Å². The first-order chi connectivity index (χ1) is 6.47. The number of hydrogen-bond acceptors (Lipinski definition) is 5. The van der Waals surface area contributed by atoms with Gasteiger partial charge in [-0.05, 0) is 18.2 Å². The quantitative estimate of drug-likeness (QED) is 0.744. The van der Waals surface area contributed by atoms with Crippen LogP contribution in [0.5, 0.6) is 0 Å². The van der Waals surface area contributed by atoms with Crippen LogP contribution in [0.1, 0.15) is 0 Å². The number of anilines is 1. The number of aromatic nitrogens is 1. The van der Waals surface area contributed by atoms with E-state index >= 15 is 0 Å². The molecule has 1 heterocycles. The molecule has 0 radical (unpaired) electrons. The smallest absolute Gasteiger partial charge is 0.238 e. The monoisotopic (exact) mass is 229 g/mol. The zero-order valence-corrected chi connectivity index (χ0v) is 8.60. The van der Waals surface area contributed by atoms with Gasteiger partial charge in [0.25, 0.3) is 0 Å². The summed E-state index contributed by atoms with van der Waals surface area (Å²) in [4.78, 5) is 4.07. The second-order valence-electron chi connectivity index (χ2n) is 2.73. The van der Waals surface area contributed by atoms with Crippen LogP contribution in [0.3, 0.4) is 0 Å². The minimum Gasteiger partial charge on any atom is -0.375 e. The number of nitrogens with zero attached hydrogens (tertiary/aromatic N) is 1. The lowest BCUT2D eigenvalue weighted by Gasteiger charge is -1.95. The van der Waals surface area contributed by atoms with Crippen LogP contribution in [0.15, 0.2) is 23.1 Å². The molecule has 2 rings (SSSR count). The molecule has 0 aliphatic rings. The van der Waals surface area contributed by atoms with Gasteiger partial charge in [-0.25, -0.2) is 18.5 Å². The molecule has 1 aromatic carbocycles. The van der Waals surface area contributed by atoms with Crippen molar-refractivity contribution in [1.29, 1.82) is 0 Å². The molecule has 74 valence electrons. The van der Waals surface area contributed by atoms with E-state index in [-0.39, 0.29) is 4.90 Å². The van der Waals surface area contributed by atoms with Gasteiger partial charge in [-0.3, -0.25) is 0 Å². The predicted molar refractivity (Wildman–Crippen MR) is 55.4 cm³/mol. The molecule has 0 fully saturated rings. The summed E-state index contributed by atoms with van der Waals surface area (Å²) < 4.78 is 22.7. The SMILES string of the molecule is Nc1nc2ccc(S(N)(=O)=O)cc2s1. The average molecular weight is 229 g/mol. The molecular weight excluding hydrogens is 222 g/mol. The van der Waals surface area contributed by atoms with Gasteiger partial charge in [0.2, 0.25) is 10.0 Å². The Morgan fingerprint density at radius 2 is 2.07 bits per heavy atom. The molecule has 14 heavy (non-hydrogen) atoms. The fourth-order valence-electron chi connectivity index (χ4n) is 1.10. The largest absolute Gasteiger partial charge is 0.375 e. The van der Waals surface area contributed by atoms with E-state index in [0.717, 1.165) is 0 Å². The summed E-state index contributed by atoms with van der Waals surface area (Å²) in [6.45, 7) is 0. The first-order valence-corrected chi connectivity index (χ1v) is 6.02. The molecule has 0 bridgehead atoms. The number of nitrogen functional groups attached to an aromatic ring is 1. The van der Waals surface area contributed by atoms with E-state index < -0.39 is 10.0 Å². The van der Waals surface area contributed by atoms with Crippen molar-refractivity contribution in [3.63, 3.8) is 0 Å². The summed E-state index contributed by atoms with van der Waals surface area (Å²) in [7, 11) is -3.65. The summed E-state index contributed by atoms with van der Waals surface area (Å²) in [5.41, 5.74) is 6.16. The maximum Gasteiger partial charge on any atom is 0.238 e. The van der Waals surface area contributed by atoms with Crippen LogP contribution in [-0.2, 0) is 10.0 Å². The molecule has 0 saturated heterocycles. The Bertz CT molecular complexity index is 588. The normalized spacial score (nSPS) is 12.1. The van der Waals surface area contributed by atoms with Crippen LogP contribution in [0.25, 0.3) is 10.2 Å². The maximum absolute atomic E-state index is 11.0. The minimum absolute atomic E-state index is 0.0775. The third kappa shape index (κ3) is 1.57. The van der Waals surface area contributed by atoms with Gasteiger partial charge >= 0.3 is 0 Å². The molecule has 7 heteroatoms. The second-order valence-corrected chi connectivity index (χ2v) is 5.35. The van der Waals surface area contributed by atoms with Gasteiger partial charge in [-0.2, -0.15) is 0 Å².